The van der Waals surface area contributed by atoms with Gasteiger partial charge in [0.25, 0.3) is 0 Å². The number of aliphatic hydroxyl groups is 1. The van der Waals surface area contributed by atoms with Gasteiger partial charge in [-0.15, -0.1) is 0 Å². The van der Waals surface area contributed by atoms with E-state index in [1.165, 1.54) is 5.56 Å². The molecule has 0 bridgehead atoms. The number of benzene rings is 1. The standard InChI is InChI=1S/C16H25NO3/c1-19-17-14(8-7-13-5-3-2-4-6-13)11-16-12-15(18)9-10-20-16/h2-6,14-18H,7-12H2,1H3. The molecule has 3 unspecified atom stereocenters. The van der Waals surface area contributed by atoms with Gasteiger partial charge in [-0.25, -0.2) is 0 Å². The van der Waals surface area contributed by atoms with E-state index in [1.54, 1.807) is 7.11 Å². The van der Waals surface area contributed by atoms with Gasteiger partial charge in [-0.3, -0.25) is 0 Å². The first kappa shape index (κ1) is 15.4. The molecule has 1 aliphatic heterocycles. The van der Waals surface area contributed by atoms with Gasteiger partial charge in [-0.05, 0) is 37.7 Å². The normalized spacial score (nSPS) is 24.5. The Morgan fingerprint density at radius 3 is 2.90 bits per heavy atom. The number of rotatable bonds is 7. The maximum absolute atomic E-state index is 9.70. The summed E-state index contributed by atoms with van der Waals surface area (Å²) in [5.41, 5.74) is 4.39. The van der Waals surface area contributed by atoms with Crippen molar-refractivity contribution in [1.29, 1.82) is 0 Å². The van der Waals surface area contributed by atoms with Crippen molar-refractivity contribution in [3.8, 4) is 0 Å². The van der Waals surface area contributed by atoms with Crippen LogP contribution in [0.2, 0.25) is 0 Å². The Bertz CT molecular complexity index is 371. The Morgan fingerprint density at radius 2 is 2.20 bits per heavy atom. The third-order valence-corrected chi connectivity index (χ3v) is 3.80. The molecule has 0 amide bonds. The van der Waals surface area contributed by atoms with Crippen LogP contribution >= 0.6 is 0 Å². The van der Waals surface area contributed by atoms with Crippen molar-refractivity contribution in [1.82, 2.24) is 5.48 Å². The molecule has 20 heavy (non-hydrogen) atoms. The summed E-state index contributed by atoms with van der Waals surface area (Å²) in [5.74, 6) is 0. The van der Waals surface area contributed by atoms with E-state index in [0.29, 0.717) is 6.61 Å². The largest absolute Gasteiger partial charge is 0.393 e. The Morgan fingerprint density at radius 1 is 1.40 bits per heavy atom. The van der Waals surface area contributed by atoms with Crippen LogP contribution in [-0.2, 0) is 16.0 Å². The third-order valence-electron chi connectivity index (χ3n) is 3.80. The number of aliphatic hydroxyl groups excluding tert-OH is 1. The molecular formula is C16H25NO3. The van der Waals surface area contributed by atoms with Gasteiger partial charge in [0.05, 0.1) is 19.3 Å². The Labute approximate surface area is 121 Å². The van der Waals surface area contributed by atoms with Crippen LogP contribution in [0.5, 0.6) is 0 Å². The summed E-state index contributed by atoms with van der Waals surface area (Å²) in [5, 5.41) is 9.70. The molecule has 1 aromatic rings. The molecule has 1 aliphatic rings. The van der Waals surface area contributed by atoms with Crippen molar-refractivity contribution in [2.24, 2.45) is 0 Å². The first-order chi connectivity index (χ1) is 9.78. The van der Waals surface area contributed by atoms with E-state index in [4.69, 9.17) is 9.57 Å². The predicted molar refractivity (Wildman–Crippen MR) is 78.3 cm³/mol. The van der Waals surface area contributed by atoms with Crippen molar-refractivity contribution in [2.45, 2.75) is 50.4 Å². The van der Waals surface area contributed by atoms with E-state index in [9.17, 15) is 5.11 Å². The van der Waals surface area contributed by atoms with Crippen molar-refractivity contribution in [3.63, 3.8) is 0 Å². The molecule has 1 aromatic carbocycles. The van der Waals surface area contributed by atoms with Gasteiger partial charge in [0.1, 0.15) is 0 Å². The van der Waals surface area contributed by atoms with Crippen LogP contribution in [0, 0.1) is 0 Å². The fourth-order valence-electron chi connectivity index (χ4n) is 2.72. The van der Waals surface area contributed by atoms with Gasteiger partial charge in [-0.1, -0.05) is 30.3 Å². The lowest BCUT2D eigenvalue weighted by atomic mass is 9.96. The molecule has 2 rings (SSSR count). The summed E-state index contributed by atoms with van der Waals surface area (Å²) in [6.45, 7) is 0.657. The number of aryl methyl sites for hydroxylation is 1. The summed E-state index contributed by atoms with van der Waals surface area (Å²) in [6, 6.07) is 10.7. The van der Waals surface area contributed by atoms with Crippen LogP contribution in [0.15, 0.2) is 30.3 Å². The van der Waals surface area contributed by atoms with Crippen molar-refractivity contribution < 1.29 is 14.7 Å². The second-order valence-corrected chi connectivity index (χ2v) is 5.45. The minimum Gasteiger partial charge on any atom is -0.393 e. The quantitative estimate of drug-likeness (QED) is 0.750. The van der Waals surface area contributed by atoms with E-state index < -0.39 is 0 Å². The maximum atomic E-state index is 9.70. The van der Waals surface area contributed by atoms with E-state index >= 15 is 0 Å². The Kier molecular flexibility index (Phi) is 6.47. The molecule has 1 saturated heterocycles. The monoisotopic (exact) mass is 279 g/mol. The van der Waals surface area contributed by atoms with Crippen LogP contribution in [0.25, 0.3) is 0 Å². The second-order valence-electron chi connectivity index (χ2n) is 5.45. The summed E-state index contributed by atoms with van der Waals surface area (Å²) < 4.78 is 5.72. The van der Waals surface area contributed by atoms with Gasteiger partial charge in [0.2, 0.25) is 0 Å². The molecule has 4 heteroatoms. The molecule has 1 heterocycles. The molecule has 4 nitrogen and oxygen atoms in total. The van der Waals surface area contributed by atoms with Gasteiger partial charge in [-0.2, -0.15) is 5.48 Å². The molecule has 2 N–H and O–H groups in total. The summed E-state index contributed by atoms with van der Waals surface area (Å²) in [4.78, 5) is 5.09. The number of nitrogens with one attached hydrogen (secondary N) is 1. The average Bonchev–Trinajstić information content (AvgIpc) is 2.46. The van der Waals surface area contributed by atoms with E-state index in [2.05, 4.69) is 29.7 Å². The van der Waals surface area contributed by atoms with Crippen LogP contribution in [-0.4, -0.2) is 37.1 Å². The van der Waals surface area contributed by atoms with Crippen LogP contribution in [0.3, 0.4) is 0 Å². The van der Waals surface area contributed by atoms with Gasteiger partial charge in [0, 0.05) is 12.6 Å². The predicted octanol–water partition coefficient (Wildman–Crippen LogP) is 2.07. The highest BCUT2D eigenvalue weighted by atomic mass is 16.6. The van der Waals surface area contributed by atoms with Gasteiger partial charge >= 0.3 is 0 Å². The number of hydrogen-bond donors (Lipinski definition) is 2. The van der Waals surface area contributed by atoms with E-state index in [0.717, 1.165) is 32.1 Å². The zero-order valence-corrected chi connectivity index (χ0v) is 12.1. The third kappa shape index (κ3) is 5.21. The fourth-order valence-corrected chi connectivity index (χ4v) is 2.72. The molecule has 3 atom stereocenters. The van der Waals surface area contributed by atoms with Gasteiger partial charge in [0.15, 0.2) is 0 Å². The van der Waals surface area contributed by atoms with E-state index in [1.807, 2.05) is 6.07 Å². The minimum atomic E-state index is -0.217. The summed E-state index contributed by atoms with van der Waals surface area (Å²) >= 11 is 0. The number of hydrogen-bond acceptors (Lipinski definition) is 4. The van der Waals surface area contributed by atoms with Crippen molar-refractivity contribution in [3.05, 3.63) is 35.9 Å². The molecule has 0 spiro atoms. The highest BCUT2D eigenvalue weighted by molar-refractivity contribution is 5.14. The zero-order valence-electron chi connectivity index (χ0n) is 12.1. The molecule has 1 fully saturated rings. The van der Waals surface area contributed by atoms with Crippen LogP contribution < -0.4 is 5.48 Å². The number of ether oxygens (including phenoxy) is 1. The van der Waals surface area contributed by atoms with Gasteiger partial charge < -0.3 is 14.7 Å². The first-order valence-corrected chi connectivity index (χ1v) is 7.40. The Balaban J connectivity index is 1.80. The molecular weight excluding hydrogens is 254 g/mol. The molecule has 0 aliphatic carbocycles. The number of hydroxylamine groups is 1. The van der Waals surface area contributed by atoms with Crippen LogP contribution in [0.4, 0.5) is 0 Å². The Hall–Kier alpha value is -0.940. The lowest BCUT2D eigenvalue weighted by Crippen LogP contribution is -2.37. The SMILES string of the molecule is CONC(CCc1ccccc1)CC1CC(O)CCO1. The second kappa shape index (κ2) is 8.37. The first-order valence-electron chi connectivity index (χ1n) is 7.40. The molecule has 0 aromatic heterocycles. The maximum Gasteiger partial charge on any atom is 0.0615 e. The van der Waals surface area contributed by atoms with Crippen molar-refractivity contribution in [2.75, 3.05) is 13.7 Å². The zero-order chi connectivity index (χ0) is 14.2. The summed E-state index contributed by atoms with van der Waals surface area (Å²) in [7, 11) is 1.64. The molecule has 112 valence electrons. The fraction of sp³-hybridized carbons (Fsp3) is 0.625. The van der Waals surface area contributed by atoms with E-state index in [-0.39, 0.29) is 18.2 Å². The lowest BCUT2D eigenvalue weighted by molar-refractivity contribution is -0.0590. The topological polar surface area (TPSA) is 50.7 Å². The average molecular weight is 279 g/mol. The highest BCUT2D eigenvalue weighted by Crippen LogP contribution is 2.19. The molecule has 0 radical (unpaired) electrons. The molecule has 0 saturated carbocycles. The smallest absolute Gasteiger partial charge is 0.0615 e. The lowest BCUT2D eigenvalue weighted by Gasteiger charge is -2.29. The highest BCUT2D eigenvalue weighted by Gasteiger charge is 2.24. The van der Waals surface area contributed by atoms with Crippen LogP contribution in [0.1, 0.15) is 31.2 Å². The minimum absolute atomic E-state index is 0.127. The summed E-state index contributed by atoms with van der Waals surface area (Å²) in [6.07, 6.45) is 4.27. The van der Waals surface area contributed by atoms with Crippen molar-refractivity contribution >= 4 is 0 Å².